The predicted molar refractivity (Wildman–Crippen MR) is 90.0 cm³/mol. The smallest absolute Gasteiger partial charge is 0.338 e. The lowest BCUT2D eigenvalue weighted by molar-refractivity contribution is 0.0474. The summed E-state index contributed by atoms with van der Waals surface area (Å²) in [6.07, 6.45) is 3.07. The maximum Gasteiger partial charge on any atom is 0.338 e. The largest absolute Gasteiger partial charge is 0.457 e. The van der Waals surface area contributed by atoms with Gasteiger partial charge in [0.05, 0.1) is 5.56 Å². The minimum absolute atomic E-state index is 0.0445. The van der Waals surface area contributed by atoms with Crippen LogP contribution < -0.4 is 5.63 Å². The Kier molecular flexibility index (Phi) is 3.84. The quantitative estimate of drug-likeness (QED) is 0.539. The average molecular weight is 338 g/mol. The van der Waals surface area contributed by atoms with Gasteiger partial charge >= 0.3 is 11.6 Å². The number of hydrogen-bond donors (Lipinski definition) is 0. The lowest BCUT2D eigenvalue weighted by Crippen LogP contribution is -2.08. The van der Waals surface area contributed by atoms with Gasteiger partial charge in [-0.25, -0.2) is 14.0 Å². The molecule has 1 aliphatic carbocycles. The van der Waals surface area contributed by atoms with Crippen LogP contribution in [0, 0.1) is 5.82 Å². The Morgan fingerprint density at radius 1 is 1.08 bits per heavy atom. The van der Waals surface area contributed by atoms with E-state index in [1.807, 2.05) is 12.1 Å². The number of hydrogen-bond acceptors (Lipinski definition) is 4. The third kappa shape index (κ3) is 3.05. The van der Waals surface area contributed by atoms with Crippen molar-refractivity contribution in [3.63, 3.8) is 0 Å². The average Bonchev–Trinajstić information content (AvgIpc) is 3.05. The third-order valence-electron chi connectivity index (χ3n) is 4.48. The molecular weight excluding hydrogens is 323 g/mol. The van der Waals surface area contributed by atoms with Crippen molar-refractivity contribution in [3.8, 4) is 0 Å². The van der Waals surface area contributed by atoms with Crippen LogP contribution in [0.4, 0.5) is 4.39 Å². The number of ether oxygens (including phenoxy) is 1. The van der Waals surface area contributed by atoms with Crippen LogP contribution in [-0.4, -0.2) is 5.97 Å². The molecule has 126 valence electrons. The third-order valence-corrected chi connectivity index (χ3v) is 4.48. The van der Waals surface area contributed by atoms with Gasteiger partial charge in [-0.2, -0.15) is 0 Å². The van der Waals surface area contributed by atoms with Crippen LogP contribution in [0.15, 0.2) is 51.7 Å². The highest BCUT2D eigenvalue weighted by Gasteiger charge is 2.16. The number of esters is 1. The van der Waals surface area contributed by atoms with E-state index >= 15 is 0 Å². The number of carbonyl (C=O) groups excluding carboxylic acids is 1. The lowest BCUT2D eigenvalue weighted by atomic mass is 10.0. The summed E-state index contributed by atoms with van der Waals surface area (Å²) < 4.78 is 23.5. The molecule has 0 atom stereocenters. The zero-order valence-corrected chi connectivity index (χ0v) is 13.4. The number of benzene rings is 2. The summed E-state index contributed by atoms with van der Waals surface area (Å²) in [5, 5.41) is 0.784. The van der Waals surface area contributed by atoms with Crippen molar-refractivity contribution < 1.29 is 18.3 Å². The Morgan fingerprint density at radius 2 is 1.80 bits per heavy atom. The molecule has 2 aromatic carbocycles. The van der Waals surface area contributed by atoms with Gasteiger partial charge in [-0.1, -0.05) is 0 Å². The van der Waals surface area contributed by atoms with Gasteiger partial charge in [0.25, 0.3) is 0 Å². The summed E-state index contributed by atoms with van der Waals surface area (Å²) in [6, 6.07) is 10.4. The topological polar surface area (TPSA) is 56.5 Å². The molecule has 0 saturated heterocycles. The van der Waals surface area contributed by atoms with Crippen LogP contribution in [-0.2, 0) is 24.2 Å². The minimum Gasteiger partial charge on any atom is -0.457 e. The van der Waals surface area contributed by atoms with Crippen LogP contribution >= 0.6 is 0 Å². The van der Waals surface area contributed by atoms with E-state index in [9.17, 15) is 14.0 Å². The first-order valence-electron chi connectivity index (χ1n) is 8.11. The Hall–Kier alpha value is -2.95. The van der Waals surface area contributed by atoms with Crippen LogP contribution in [0.2, 0.25) is 0 Å². The zero-order chi connectivity index (χ0) is 17.4. The van der Waals surface area contributed by atoms with Gasteiger partial charge in [0.1, 0.15) is 18.0 Å². The van der Waals surface area contributed by atoms with Gasteiger partial charge in [-0.05, 0) is 66.8 Å². The lowest BCUT2D eigenvalue weighted by Gasteiger charge is -2.09. The van der Waals surface area contributed by atoms with E-state index in [1.54, 1.807) is 0 Å². The van der Waals surface area contributed by atoms with Crippen LogP contribution in [0.1, 0.15) is 33.5 Å². The number of carbonyl (C=O) groups is 1. The second-order valence-corrected chi connectivity index (χ2v) is 6.14. The zero-order valence-electron chi connectivity index (χ0n) is 13.4. The van der Waals surface area contributed by atoms with Crippen LogP contribution in [0.25, 0.3) is 11.0 Å². The molecule has 0 N–H and O–H groups in total. The fraction of sp³-hybridized carbons (Fsp3) is 0.200. The van der Waals surface area contributed by atoms with Crippen molar-refractivity contribution in [2.24, 2.45) is 0 Å². The molecule has 0 radical (unpaired) electrons. The fourth-order valence-corrected chi connectivity index (χ4v) is 3.23. The van der Waals surface area contributed by atoms with Gasteiger partial charge in [-0.15, -0.1) is 0 Å². The van der Waals surface area contributed by atoms with Gasteiger partial charge < -0.3 is 9.15 Å². The standard InChI is InChI=1S/C20H15FO4/c21-16-6-4-12(5-7-16)20(23)24-11-15-10-19(22)25-18-9-14-3-1-2-13(14)8-17(15)18/h4-10H,1-3,11H2. The molecule has 0 unspecified atom stereocenters. The number of rotatable bonds is 3. The SMILES string of the molecule is O=C(OCc1cc(=O)oc2cc3c(cc12)CCC3)c1ccc(F)cc1. The van der Waals surface area contributed by atoms with Crippen LogP contribution in [0.5, 0.6) is 0 Å². The van der Waals surface area contributed by atoms with Crippen molar-refractivity contribution in [2.45, 2.75) is 25.9 Å². The monoisotopic (exact) mass is 338 g/mol. The normalized spacial score (nSPS) is 13.0. The molecule has 0 fully saturated rings. The van der Waals surface area contributed by atoms with E-state index in [0.29, 0.717) is 11.1 Å². The summed E-state index contributed by atoms with van der Waals surface area (Å²) in [4.78, 5) is 23.9. The maximum atomic E-state index is 12.9. The highest BCUT2D eigenvalue weighted by atomic mass is 19.1. The molecule has 5 heteroatoms. The molecule has 4 rings (SSSR count). The van der Waals surface area contributed by atoms with Gasteiger partial charge in [-0.3, -0.25) is 0 Å². The minimum atomic E-state index is -0.567. The molecule has 4 nitrogen and oxygen atoms in total. The van der Waals surface area contributed by atoms with Crippen molar-refractivity contribution in [1.82, 2.24) is 0 Å². The van der Waals surface area contributed by atoms with E-state index in [2.05, 4.69) is 0 Å². The summed E-state index contributed by atoms with van der Waals surface area (Å²) in [5.41, 5.74) is 3.36. The van der Waals surface area contributed by atoms with Gasteiger partial charge in [0.2, 0.25) is 0 Å². The summed E-state index contributed by atoms with van der Waals surface area (Å²) in [6.45, 7) is -0.0445. The van der Waals surface area contributed by atoms with E-state index in [1.165, 1.54) is 41.5 Å². The first-order chi connectivity index (χ1) is 12.1. The molecule has 3 aromatic rings. The second kappa shape index (κ2) is 6.16. The first kappa shape index (κ1) is 15.6. The molecule has 0 spiro atoms. The molecule has 0 bridgehead atoms. The van der Waals surface area contributed by atoms with E-state index < -0.39 is 17.4 Å². The maximum absolute atomic E-state index is 12.9. The second-order valence-electron chi connectivity index (χ2n) is 6.14. The van der Waals surface area contributed by atoms with Gasteiger partial charge in [0.15, 0.2) is 0 Å². The van der Waals surface area contributed by atoms with Crippen molar-refractivity contribution in [1.29, 1.82) is 0 Å². The summed E-state index contributed by atoms with van der Waals surface area (Å²) >= 11 is 0. The molecular formula is C20H15FO4. The van der Waals surface area contributed by atoms with Crippen molar-refractivity contribution >= 4 is 16.9 Å². The van der Waals surface area contributed by atoms with E-state index in [0.717, 1.165) is 24.6 Å². The fourth-order valence-electron chi connectivity index (χ4n) is 3.23. The van der Waals surface area contributed by atoms with Crippen molar-refractivity contribution in [2.75, 3.05) is 0 Å². The van der Waals surface area contributed by atoms with E-state index in [4.69, 9.17) is 9.15 Å². The van der Waals surface area contributed by atoms with Crippen LogP contribution in [0.3, 0.4) is 0 Å². The first-order valence-corrected chi connectivity index (χ1v) is 8.11. The highest BCUT2D eigenvalue weighted by Crippen LogP contribution is 2.28. The van der Waals surface area contributed by atoms with Crippen molar-refractivity contribution in [3.05, 3.63) is 81.0 Å². The van der Waals surface area contributed by atoms with Gasteiger partial charge in [0, 0.05) is 17.0 Å². The van der Waals surface area contributed by atoms with E-state index in [-0.39, 0.29) is 12.2 Å². The highest BCUT2D eigenvalue weighted by molar-refractivity contribution is 5.89. The molecule has 25 heavy (non-hydrogen) atoms. The summed E-state index contributed by atoms with van der Waals surface area (Å²) in [7, 11) is 0. The Morgan fingerprint density at radius 3 is 2.56 bits per heavy atom. The summed E-state index contributed by atoms with van der Waals surface area (Å²) in [5.74, 6) is -0.986. The molecule has 0 saturated carbocycles. The number of fused-ring (bicyclic) bond motifs is 2. The number of halogens is 1. The Labute approximate surface area is 142 Å². The Balaban J connectivity index is 1.63. The molecule has 1 aliphatic rings. The Bertz CT molecular complexity index is 1020. The predicted octanol–water partition coefficient (Wildman–Crippen LogP) is 3.78. The molecule has 0 amide bonds. The number of aryl methyl sites for hydroxylation is 2. The molecule has 1 aromatic heterocycles. The molecule has 1 heterocycles. The molecule has 0 aliphatic heterocycles.